The van der Waals surface area contributed by atoms with Crippen LogP contribution in [-0.4, -0.2) is 44.3 Å². The Morgan fingerprint density at radius 3 is 2.65 bits per heavy atom. The van der Waals surface area contributed by atoms with Crippen LogP contribution in [-0.2, 0) is 6.54 Å². The summed E-state index contributed by atoms with van der Waals surface area (Å²) in [6, 6.07) is 6.19. The number of hydrogen-bond acceptors (Lipinski definition) is 4. The number of ether oxygens (including phenoxy) is 2. The van der Waals surface area contributed by atoms with E-state index in [1.807, 2.05) is 6.07 Å². The molecule has 1 aliphatic heterocycles. The van der Waals surface area contributed by atoms with E-state index in [1.165, 1.54) is 5.56 Å². The first-order valence-corrected chi connectivity index (χ1v) is 7.29. The zero-order chi connectivity index (χ0) is 14.6. The molecule has 1 aliphatic rings. The second-order valence-corrected chi connectivity index (χ2v) is 5.64. The van der Waals surface area contributed by atoms with Gasteiger partial charge in [0.15, 0.2) is 11.5 Å². The molecule has 0 aromatic heterocycles. The molecule has 1 unspecified atom stereocenters. The fourth-order valence-corrected chi connectivity index (χ4v) is 2.77. The van der Waals surface area contributed by atoms with Gasteiger partial charge in [-0.3, -0.25) is 4.90 Å². The van der Waals surface area contributed by atoms with Crippen molar-refractivity contribution in [2.75, 3.05) is 33.9 Å². The molecule has 0 bridgehead atoms. The molecule has 4 heteroatoms. The van der Waals surface area contributed by atoms with Crippen LogP contribution in [0.2, 0.25) is 0 Å². The SMILES string of the molecule is CCC1(C)CNCCN1Cc1ccc(OC)c(OC)c1. The van der Waals surface area contributed by atoms with Gasteiger partial charge in [0.25, 0.3) is 0 Å². The predicted molar refractivity (Wildman–Crippen MR) is 81.5 cm³/mol. The van der Waals surface area contributed by atoms with Gasteiger partial charge in [-0.15, -0.1) is 0 Å². The van der Waals surface area contributed by atoms with Crippen molar-refractivity contribution in [1.29, 1.82) is 0 Å². The molecule has 1 aromatic carbocycles. The fourth-order valence-electron chi connectivity index (χ4n) is 2.77. The van der Waals surface area contributed by atoms with Gasteiger partial charge < -0.3 is 14.8 Å². The molecule has 1 aromatic rings. The van der Waals surface area contributed by atoms with Gasteiger partial charge in [0, 0.05) is 31.7 Å². The summed E-state index contributed by atoms with van der Waals surface area (Å²) in [5, 5.41) is 3.50. The molecule has 0 amide bonds. The molecule has 0 saturated carbocycles. The average molecular weight is 278 g/mol. The fraction of sp³-hybridized carbons (Fsp3) is 0.625. The Morgan fingerprint density at radius 1 is 1.25 bits per heavy atom. The number of nitrogens with zero attached hydrogens (tertiary/aromatic N) is 1. The number of rotatable bonds is 5. The smallest absolute Gasteiger partial charge is 0.161 e. The molecule has 1 fully saturated rings. The van der Waals surface area contributed by atoms with Crippen LogP contribution in [0.25, 0.3) is 0 Å². The van der Waals surface area contributed by atoms with E-state index in [4.69, 9.17) is 9.47 Å². The monoisotopic (exact) mass is 278 g/mol. The molecule has 2 rings (SSSR count). The Labute approximate surface area is 122 Å². The summed E-state index contributed by atoms with van der Waals surface area (Å²) in [6.45, 7) is 8.74. The number of methoxy groups -OCH3 is 2. The first-order chi connectivity index (χ1) is 9.62. The average Bonchev–Trinajstić information content (AvgIpc) is 2.49. The third-order valence-corrected chi connectivity index (χ3v) is 4.41. The van der Waals surface area contributed by atoms with E-state index in [2.05, 4.69) is 36.2 Å². The lowest BCUT2D eigenvalue weighted by molar-refractivity contribution is 0.0637. The quantitative estimate of drug-likeness (QED) is 0.896. The summed E-state index contributed by atoms with van der Waals surface area (Å²) in [5.41, 5.74) is 1.50. The minimum atomic E-state index is 0.228. The van der Waals surface area contributed by atoms with E-state index >= 15 is 0 Å². The summed E-state index contributed by atoms with van der Waals surface area (Å²) in [4.78, 5) is 2.56. The zero-order valence-corrected chi connectivity index (χ0v) is 13.0. The third-order valence-electron chi connectivity index (χ3n) is 4.41. The number of hydrogen-bond donors (Lipinski definition) is 1. The van der Waals surface area contributed by atoms with E-state index in [9.17, 15) is 0 Å². The minimum Gasteiger partial charge on any atom is -0.493 e. The molecule has 1 saturated heterocycles. The second kappa shape index (κ2) is 6.46. The van der Waals surface area contributed by atoms with Crippen LogP contribution in [0.5, 0.6) is 11.5 Å². The summed E-state index contributed by atoms with van der Waals surface area (Å²) in [6.07, 6.45) is 1.15. The lowest BCUT2D eigenvalue weighted by Gasteiger charge is -2.45. The normalized spacial score (nSPS) is 23.6. The maximum Gasteiger partial charge on any atom is 0.161 e. The van der Waals surface area contributed by atoms with E-state index in [0.29, 0.717) is 0 Å². The van der Waals surface area contributed by atoms with E-state index < -0.39 is 0 Å². The second-order valence-electron chi connectivity index (χ2n) is 5.64. The maximum atomic E-state index is 5.39. The van der Waals surface area contributed by atoms with Crippen molar-refractivity contribution in [2.24, 2.45) is 0 Å². The standard InChI is InChI=1S/C16H26N2O2/c1-5-16(2)12-17-8-9-18(16)11-13-6-7-14(19-3)15(10-13)20-4/h6-7,10,17H,5,8-9,11-12H2,1-4H3. The molecule has 0 spiro atoms. The molecule has 20 heavy (non-hydrogen) atoms. The highest BCUT2D eigenvalue weighted by Crippen LogP contribution is 2.30. The molecule has 1 N–H and O–H groups in total. The van der Waals surface area contributed by atoms with Gasteiger partial charge >= 0.3 is 0 Å². The topological polar surface area (TPSA) is 33.7 Å². The summed E-state index contributed by atoms with van der Waals surface area (Å²) in [7, 11) is 3.35. The van der Waals surface area contributed by atoms with Crippen LogP contribution in [0.1, 0.15) is 25.8 Å². The summed E-state index contributed by atoms with van der Waals surface area (Å²) >= 11 is 0. The lowest BCUT2D eigenvalue weighted by Crippen LogP contribution is -2.58. The Morgan fingerprint density at radius 2 is 2.00 bits per heavy atom. The van der Waals surface area contributed by atoms with Crippen LogP contribution in [0.15, 0.2) is 18.2 Å². The molecule has 1 atom stereocenters. The van der Waals surface area contributed by atoms with Gasteiger partial charge in [0.1, 0.15) is 0 Å². The van der Waals surface area contributed by atoms with E-state index in [-0.39, 0.29) is 5.54 Å². The first kappa shape index (κ1) is 15.1. The van der Waals surface area contributed by atoms with Crippen LogP contribution in [0, 0.1) is 0 Å². The Bertz CT molecular complexity index is 450. The van der Waals surface area contributed by atoms with E-state index in [1.54, 1.807) is 14.2 Å². The molecule has 0 radical (unpaired) electrons. The van der Waals surface area contributed by atoms with Crippen LogP contribution >= 0.6 is 0 Å². The van der Waals surface area contributed by atoms with Gasteiger partial charge in [-0.2, -0.15) is 0 Å². The molecule has 1 heterocycles. The lowest BCUT2D eigenvalue weighted by atomic mass is 9.93. The first-order valence-electron chi connectivity index (χ1n) is 7.29. The van der Waals surface area contributed by atoms with Crippen molar-refractivity contribution in [2.45, 2.75) is 32.4 Å². The van der Waals surface area contributed by atoms with Gasteiger partial charge in [0.2, 0.25) is 0 Å². The van der Waals surface area contributed by atoms with Crippen LogP contribution < -0.4 is 14.8 Å². The Balaban J connectivity index is 2.16. The van der Waals surface area contributed by atoms with Gasteiger partial charge in [-0.1, -0.05) is 13.0 Å². The summed E-state index contributed by atoms with van der Waals surface area (Å²) in [5.74, 6) is 1.59. The van der Waals surface area contributed by atoms with Gasteiger partial charge in [-0.25, -0.2) is 0 Å². The number of benzene rings is 1. The largest absolute Gasteiger partial charge is 0.493 e. The molecular formula is C16H26N2O2. The highest BCUT2D eigenvalue weighted by atomic mass is 16.5. The molecule has 4 nitrogen and oxygen atoms in total. The van der Waals surface area contributed by atoms with Crippen molar-refractivity contribution in [3.05, 3.63) is 23.8 Å². The Hall–Kier alpha value is -1.26. The van der Waals surface area contributed by atoms with Crippen molar-refractivity contribution < 1.29 is 9.47 Å². The van der Waals surface area contributed by atoms with Crippen molar-refractivity contribution in [1.82, 2.24) is 10.2 Å². The minimum absolute atomic E-state index is 0.228. The van der Waals surface area contributed by atoms with Crippen molar-refractivity contribution in [3.63, 3.8) is 0 Å². The number of nitrogens with one attached hydrogen (secondary N) is 1. The molecule has 0 aliphatic carbocycles. The number of piperazine rings is 1. The van der Waals surface area contributed by atoms with Crippen molar-refractivity contribution >= 4 is 0 Å². The van der Waals surface area contributed by atoms with Gasteiger partial charge in [0.05, 0.1) is 14.2 Å². The van der Waals surface area contributed by atoms with Crippen LogP contribution in [0.4, 0.5) is 0 Å². The zero-order valence-electron chi connectivity index (χ0n) is 13.0. The maximum absolute atomic E-state index is 5.39. The highest BCUT2D eigenvalue weighted by molar-refractivity contribution is 5.42. The van der Waals surface area contributed by atoms with E-state index in [0.717, 1.165) is 44.1 Å². The predicted octanol–water partition coefficient (Wildman–Crippen LogP) is 2.28. The molecule has 112 valence electrons. The third kappa shape index (κ3) is 3.07. The van der Waals surface area contributed by atoms with Gasteiger partial charge in [-0.05, 0) is 31.0 Å². The Kier molecular flexibility index (Phi) is 4.89. The summed E-state index contributed by atoms with van der Waals surface area (Å²) < 4.78 is 10.7. The molecular weight excluding hydrogens is 252 g/mol. The highest BCUT2D eigenvalue weighted by Gasteiger charge is 2.32. The van der Waals surface area contributed by atoms with Crippen LogP contribution in [0.3, 0.4) is 0 Å². The van der Waals surface area contributed by atoms with Crippen molar-refractivity contribution in [3.8, 4) is 11.5 Å².